The van der Waals surface area contributed by atoms with E-state index in [2.05, 4.69) is 41.4 Å². The average molecular weight is 326 g/mol. The van der Waals surface area contributed by atoms with E-state index in [1.807, 2.05) is 24.3 Å². The van der Waals surface area contributed by atoms with Crippen LogP contribution in [0.5, 0.6) is 0 Å². The molecule has 4 heteroatoms. The summed E-state index contributed by atoms with van der Waals surface area (Å²) in [6.45, 7) is 4.26. The Morgan fingerprint density at radius 3 is 2.83 bits per heavy atom. The second kappa shape index (κ2) is 7.55. The summed E-state index contributed by atoms with van der Waals surface area (Å²) in [6.07, 6.45) is 1.62. The van der Waals surface area contributed by atoms with Gasteiger partial charge >= 0.3 is 0 Å². The molecule has 1 heterocycles. The zero-order valence-electron chi connectivity index (χ0n) is 13.4. The number of fused-ring (bicyclic) bond motifs is 1. The van der Waals surface area contributed by atoms with Gasteiger partial charge < -0.3 is 10.2 Å². The van der Waals surface area contributed by atoms with E-state index >= 15 is 0 Å². The van der Waals surface area contributed by atoms with Gasteiger partial charge in [0.1, 0.15) is 0 Å². The number of hydrogen-bond donors (Lipinski definition) is 1. The Labute approximate surface area is 142 Å². The third kappa shape index (κ3) is 4.08. The van der Waals surface area contributed by atoms with Crippen molar-refractivity contribution in [1.82, 2.24) is 0 Å². The maximum atomic E-state index is 12.1. The number of anilines is 2. The number of likely N-dealkylation sites (N-methyl/N-ethyl adjacent to an activating group) is 1. The van der Waals surface area contributed by atoms with Crippen LogP contribution in [-0.2, 0) is 11.2 Å². The lowest BCUT2D eigenvalue weighted by atomic mass is 10.1. The summed E-state index contributed by atoms with van der Waals surface area (Å²) in [5.74, 6) is 0.872. The monoisotopic (exact) mass is 326 g/mol. The summed E-state index contributed by atoms with van der Waals surface area (Å²) in [5, 5.41) is 3.02. The fraction of sp³-hybridized carbons (Fsp3) is 0.316. The molecule has 0 aromatic heterocycles. The first-order valence-electron chi connectivity index (χ1n) is 8.12. The molecule has 0 saturated heterocycles. The SMILES string of the molecule is CCN1CCc2ccc(NC(=O)CCSc3ccccc3)cc21. The Morgan fingerprint density at radius 2 is 2.04 bits per heavy atom. The van der Waals surface area contributed by atoms with Crippen LogP contribution in [0.3, 0.4) is 0 Å². The van der Waals surface area contributed by atoms with E-state index in [1.54, 1.807) is 11.8 Å². The van der Waals surface area contributed by atoms with Crippen molar-refractivity contribution >= 4 is 29.0 Å². The van der Waals surface area contributed by atoms with Crippen molar-refractivity contribution in [1.29, 1.82) is 0 Å². The zero-order valence-corrected chi connectivity index (χ0v) is 14.2. The highest BCUT2D eigenvalue weighted by molar-refractivity contribution is 7.99. The molecule has 0 spiro atoms. The first-order chi connectivity index (χ1) is 11.3. The molecule has 0 aliphatic carbocycles. The van der Waals surface area contributed by atoms with Crippen LogP contribution in [0.2, 0.25) is 0 Å². The van der Waals surface area contributed by atoms with Crippen LogP contribution < -0.4 is 10.2 Å². The standard InChI is InChI=1S/C19H22N2OS/c1-2-21-12-10-15-8-9-16(14-18(15)21)20-19(22)11-13-23-17-6-4-3-5-7-17/h3-9,14H,2,10-13H2,1H3,(H,20,22). The van der Waals surface area contributed by atoms with Crippen LogP contribution in [0.25, 0.3) is 0 Å². The second-order valence-corrected chi connectivity index (χ2v) is 6.80. The Kier molecular flexibility index (Phi) is 5.23. The molecule has 23 heavy (non-hydrogen) atoms. The minimum absolute atomic E-state index is 0.0782. The number of thioether (sulfide) groups is 1. The van der Waals surface area contributed by atoms with Crippen LogP contribution >= 0.6 is 11.8 Å². The lowest BCUT2D eigenvalue weighted by Gasteiger charge is -2.17. The van der Waals surface area contributed by atoms with Crippen molar-refractivity contribution in [2.75, 3.05) is 29.1 Å². The third-order valence-corrected chi connectivity index (χ3v) is 5.10. The van der Waals surface area contributed by atoms with E-state index in [0.717, 1.165) is 31.0 Å². The molecule has 3 rings (SSSR count). The third-order valence-electron chi connectivity index (χ3n) is 4.08. The van der Waals surface area contributed by atoms with Crippen molar-refractivity contribution in [2.45, 2.75) is 24.7 Å². The minimum atomic E-state index is 0.0782. The lowest BCUT2D eigenvalue weighted by molar-refractivity contribution is -0.115. The first-order valence-corrected chi connectivity index (χ1v) is 9.10. The summed E-state index contributed by atoms with van der Waals surface area (Å²) < 4.78 is 0. The number of nitrogens with one attached hydrogen (secondary N) is 1. The van der Waals surface area contributed by atoms with Crippen molar-refractivity contribution in [2.24, 2.45) is 0 Å². The molecule has 0 fully saturated rings. The van der Waals surface area contributed by atoms with Gasteiger partial charge in [-0.15, -0.1) is 11.8 Å². The first kappa shape index (κ1) is 15.9. The van der Waals surface area contributed by atoms with Gasteiger partial charge in [-0.2, -0.15) is 0 Å². The Hall–Kier alpha value is -1.94. The maximum absolute atomic E-state index is 12.1. The van der Waals surface area contributed by atoms with E-state index in [1.165, 1.54) is 16.1 Å². The van der Waals surface area contributed by atoms with Crippen molar-refractivity contribution in [3.8, 4) is 0 Å². The summed E-state index contributed by atoms with van der Waals surface area (Å²) in [4.78, 5) is 15.7. The summed E-state index contributed by atoms with van der Waals surface area (Å²) in [7, 11) is 0. The molecule has 3 nitrogen and oxygen atoms in total. The van der Waals surface area contributed by atoms with Gasteiger partial charge in [0.05, 0.1) is 0 Å². The van der Waals surface area contributed by atoms with Crippen molar-refractivity contribution in [3.05, 3.63) is 54.1 Å². The highest BCUT2D eigenvalue weighted by atomic mass is 32.2. The number of rotatable bonds is 6. The molecular weight excluding hydrogens is 304 g/mol. The summed E-state index contributed by atoms with van der Waals surface area (Å²) in [6, 6.07) is 16.4. The van der Waals surface area contributed by atoms with Crippen LogP contribution in [-0.4, -0.2) is 24.7 Å². The second-order valence-electron chi connectivity index (χ2n) is 5.63. The molecule has 1 aliphatic heterocycles. The number of benzene rings is 2. The number of amides is 1. The molecule has 1 N–H and O–H groups in total. The van der Waals surface area contributed by atoms with E-state index in [9.17, 15) is 4.79 Å². The van der Waals surface area contributed by atoms with Gasteiger partial charge in [0.25, 0.3) is 0 Å². The molecule has 0 radical (unpaired) electrons. The molecule has 120 valence electrons. The van der Waals surface area contributed by atoms with Gasteiger partial charge in [0.15, 0.2) is 0 Å². The van der Waals surface area contributed by atoms with Crippen LogP contribution in [0.15, 0.2) is 53.4 Å². The van der Waals surface area contributed by atoms with Crippen LogP contribution in [0, 0.1) is 0 Å². The van der Waals surface area contributed by atoms with Gasteiger partial charge in [0.2, 0.25) is 5.91 Å². The average Bonchev–Trinajstić information content (AvgIpc) is 2.98. The predicted octanol–water partition coefficient (Wildman–Crippen LogP) is 4.19. The normalized spacial score (nSPS) is 13.0. The van der Waals surface area contributed by atoms with Gasteiger partial charge in [-0.1, -0.05) is 24.3 Å². The number of carbonyl (C=O) groups is 1. The van der Waals surface area contributed by atoms with E-state index in [0.29, 0.717) is 6.42 Å². The van der Waals surface area contributed by atoms with Gasteiger partial charge in [-0.3, -0.25) is 4.79 Å². The maximum Gasteiger partial charge on any atom is 0.225 e. The van der Waals surface area contributed by atoms with Gasteiger partial charge in [-0.25, -0.2) is 0 Å². The molecule has 2 aromatic carbocycles. The Morgan fingerprint density at radius 1 is 1.22 bits per heavy atom. The van der Waals surface area contributed by atoms with Gasteiger partial charge in [-0.05, 0) is 43.2 Å². The van der Waals surface area contributed by atoms with E-state index in [-0.39, 0.29) is 5.91 Å². The summed E-state index contributed by atoms with van der Waals surface area (Å²) >= 11 is 1.71. The molecule has 0 unspecified atom stereocenters. The largest absolute Gasteiger partial charge is 0.371 e. The molecule has 2 aromatic rings. The number of nitrogens with zero attached hydrogens (tertiary/aromatic N) is 1. The summed E-state index contributed by atoms with van der Waals surface area (Å²) in [5.41, 5.74) is 3.55. The van der Waals surface area contributed by atoms with Gasteiger partial charge in [0, 0.05) is 41.5 Å². The topological polar surface area (TPSA) is 32.3 Å². The molecule has 0 saturated carbocycles. The Bertz CT molecular complexity index is 672. The molecule has 1 aliphatic rings. The van der Waals surface area contributed by atoms with Crippen molar-refractivity contribution in [3.63, 3.8) is 0 Å². The Balaban J connectivity index is 1.52. The quantitative estimate of drug-likeness (QED) is 0.808. The lowest BCUT2D eigenvalue weighted by Crippen LogP contribution is -2.19. The fourth-order valence-electron chi connectivity index (χ4n) is 2.85. The smallest absolute Gasteiger partial charge is 0.225 e. The molecule has 0 atom stereocenters. The fourth-order valence-corrected chi connectivity index (χ4v) is 3.73. The predicted molar refractivity (Wildman–Crippen MR) is 98.4 cm³/mol. The molecule has 0 bridgehead atoms. The highest BCUT2D eigenvalue weighted by Crippen LogP contribution is 2.30. The van der Waals surface area contributed by atoms with Crippen LogP contribution in [0.1, 0.15) is 18.9 Å². The van der Waals surface area contributed by atoms with Crippen molar-refractivity contribution < 1.29 is 4.79 Å². The van der Waals surface area contributed by atoms with E-state index in [4.69, 9.17) is 0 Å². The number of carbonyl (C=O) groups excluding carboxylic acids is 1. The minimum Gasteiger partial charge on any atom is -0.371 e. The zero-order chi connectivity index (χ0) is 16.1. The van der Waals surface area contributed by atoms with E-state index < -0.39 is 0 Å². The molecular formula is C19H22N2OS. The molecule has 1 amide bonds. The highest BCUT2D eigenvalue weighted by Gasteiger charge is 2.18. The van der Waals surface area contributed by atoms with Crippen LogP contribution in [0.4, 0.5) is 11.4 Å². The number of hydrogen-bond acceptors (Lipinski definition) is 3.